The van der Waals surface area contributed by atoms with Crippen molar-refractivity contribution in [3.8, 4) is 0 Å². The van der Waals surface area contributed by atoms with Gasteiger partial charge in [0.2, 0.25) is 0 Å². The van der Waals surface area contributed by atoms with Crippen LogP contribution in [0, 0.1) is 0 Å². The van der Waals surface area contributed by atoms with Crippen LogP contribution in [-0.2, 0) is 10.9 Å². The Morgan fingerprint density at radius 1 is 1.27 bits per heavy atom. The highest BCUT2D eigenvalue weighted by Gasteiger charge is 2.43. The van der Waals surface area contributed by atoms with Crippen LogP contribution in [0.25, 0.3) is 0 Å². The van der Waals surface area contributed by atoms with E-state index in [4.69, 9.17) is 4.74 Å². The van der Waals surface area contributed by atoms with Crippen LogP contribution < -0.4 is 0 Å². The molecule has 0 radical (unpaired) electrons. The standard InChI is InChI=1S/C14H17F3N2O3/c15-14(16,17)11-10(8-22-18-11)12(20)19-6-7-21-13(9-19)4-2-1-3-5-13/h8H,1-7,9H2. The number of hydrogen-bond acceptors (Lipinski definition) is 4. The molecular formula is C14H17F3N2O3. The van der Waals surface area contributed by atoms with Crippen LogP contribution >= 0.6 is 0 Å². The molecule has 122 valence electrons. The van der Waals surface area contributed by atoms with Gasteiger partial charge in [0, 0.05) is 6.54 Å². The molecule has 2 fully saturated rings. The van der Waals surface area contributed by atoms with Gasteiger partial charge in [-0.05, 0) is 12.8 Å². The van der Waals surface area contributed by atoms with E-state index in [2.05, 4.69) is 9.68 Å². The maximum Gasteiger partial charge on any atom is 0.437 e. The summed E-state index contributed by atoms with van der Waals surface area (Å²) in [6.45, 7) is 0.954. The lowest BCUT2D eigenvalue weighted by atomic mass is 9.83. The van der Waals surface area contributed by atoms with Crippen molar-refractivity contribution in [3.05, 3.63) is 17.5 Å². The zero-order valence-electron chi connectivity index (χ0n) is 12.0. The number of ether oxygens (including phenoxy) is 1. The van der Waals surface area contributed by atoms with Gasteiger partial charge in [-0.2, -0.15) is 13.2 Å². The Balaban J connectivity index is 1.79. The van der Waals surface area contributed by atoms with Crippen LogP contribution in [-0.4, -0.2) is 41.3 Å². The third-order valence-electron chi connectivity index (χ3n) is 4.37. The second-order valence-corrected chi connectivity index (χ2v) is 5.89. The van der Waals surface area contributed by atoms with Gasteiger partial charge < -0.3 is 14.2 Å². The van der Waals surface area contributed by atoms with Gasteiger partial charge in [-0.15, -0.1) is 0 Å². The highest BCUT2D eigenvalue weighted by Crippen LogP contribution is 2.36. The lowest BCUT2D eigenvalue weighted by molar-refractivity contribution is -0.143. The molecule has 2 aliphatic rings. The fraction of sp³-hybridized carbons (Fsp3) is 0.714. The van der Waals surface area contributed by atoms with Gasteiger partial charge in [-0.25, -0.2) is 0 Å². The monoisotopic (exact) mass is 318 g/mol. The summed E-state index contributed by atoms with van der Waals surface area (Å²) in [5.74, 6) is -0.693. The number of morpholine rings is 1. The molecule has 1 aliphatic heterocycles. The van der Waals surface area contributed by atoms with Gasteiger partial charge in [0.15, 0.2) is 5.69 Å². The second kappa shape index (κ2) is 5.57. The Kier molecular flexibility index (Phi) is 3.88. The zero-order chi connectivity index (χ0) is 15.8. The molecule has 1 aromatic rings. The first-order valence-electron chi connectivity index (χ1n) is 7.36. The lowest BCUT2D eigenvalue weighted by Crippen LogP contribution is -2.54. The van der Waals surface area contributed by atoms with Crippen LogP contribution in [0.1, 0.15) is 48.2 Å². The average molecular weight is 318 g/mol. The Morgan fingerprint density at radius 3 is 2.68 bits per heavy atom. The molecule has 0 aromatic carbocycles. The molecule has 1 spiro atoms. The highest BCUT2D eigenvalue weighted by molar-refractivity contribution is 5.95. The van der Waals surface area contributed by atoms with E-state index in [9.17, 15) is 18.0 Å². The van der Waals surface area contributed by atoms with E-state index >= 15 is 0 Å². The molecule has 2 heterocycles. The Morgan fingerprint density at radius 2 is 2.00 bits per heavy atom. The van der Waals surface area contributed by atoms with Crippen molar-refractivity contribution in [1.29, 1.82) is 0 Å². The van der Waals surface area contributed by atoms with Gasteiger partial charge in [0.1, 0.15) is 11.8 Å². The second-order valence-electron chi connectivity index (χ2n) is 5.89. The fourth-order valence-electron chi connectivity index (χ4n) is 3.28. The molecule has 5 nitrogen and oxygen atoms in total. The molecule has 1 aliphatic carbocycles. The Labute approximate surface area is 125 Å². The molecule has 0 atom stereocenters. The van der Waals surface area contributed by atoms with Gasteiger partial charge >= 0.3 is 6.18 Å². The summed E-state index contributed by atoms with van der Waals surface area (Å²) in [4.78, 5) is 13.9. The van der Waals surface area contributed by atoms with Crippen molar-refractivity contribution < 1.29 is 27.2 Å². The minimum Gasteiger partial charge on any atom is -0.371 e. The average Bonchev–Trinajstić information content (AvgIpc) is 2.97. The minimum atomic E-state index is -4.70. The van der Waals surface area contributed by atoms with Crippen molar-refractivity contribution >= 4 is 5.91 Å². The number of alkyl halides is 3. The number of nitrogens with zero attached hydrogens (tertiary/aromatic N) is 2. The van der Waals surface area contributed by atoms with E-state index in [1.807, 2.05) is 0 Å². The molecule has 8 heteroatoms. The number of rotatable bonds is 1. The number of halogens is 3. The van der Waals surface area contributed by atoms with Crippen LogP contribution in [0.4, 0.5) is 13.2 Å². The first kappa shape index (κ1) is 15.3. The van der Waals surface area contributed by atoms with Crippen molar-refractivity contribution in [3.63, 3.8) is 0 Å². The normalized spacial score (nSPS) is 22.0. The molecule has 3 rings (SSSR count). The maximum absolute atomic E-state index is 12.8. The molecule has 0 unspecified atom stereocenters. The lowest BCUT2D eigenvalue weighted by Gasteiger charge is -2.44. The number of carbonyl (C=O) groups excluding carboxylic acids is 1. The van der Waals surface area contributed by atoms with Crippen molar-refractivity contribution in [1.82, 2.24) is 10.1 Å². The SMILES string of the molecule is O=C(c1conc1C(F)(F)F)N1CCOC2(CCCCC2)C1. The van der Waals surface area contributed by atoms with Crippen LogP contribution in [0.2, 0.25) is 0 Å². The molecule has 1 saturated heterocycles. The molecule has 0 bridgehead atoms. The first-order chi connectivity index (χ1) is 10.4. The van der Waals surface area contributed by atoms with Gasteiger partial charge in [-0.1, -0.05) is 24.4 Å². The van der Waals surface area contributed by atoms with Crippen LogP contribution in [0.5, 0.6) is 0 Å². The van der Waals surface area contributed by atoms with Crippen LogP contribution in [0.15, 0.2) is 10.8 Å². The predicted molar refractivity (Wildman–Crippen MR) is 69.2 cm³/mol. The Bertz CT molecular complexity index is 544. The number of amides is 1. The quantitative estimate of drug-likeness (QED) is 0.799. The van der Waals surface area contributed by atoms with Crippen LogP contribution in [0.3, 0.4) is 0 Å². The summed E-state index contributed by atoms with van der Waals surface area (Å²) in [6, 6.07) is 0. The fourth-order valence-corrected chi connectivity index (χ4v) is 3.28. The third-order valence-corrected chi connectivity index (χ3v) is 4.37. The van der Waals surface area contributed by atoms with Crippen molar-refractivity contribution in [2.75, 3.05) is 19.7 Å². The van der Waals surface area contributed by atoms with E-state index in [-0.39, 0.29) is 6.54 Å². The first-order valence-corrected chi connectivity index (χ1v) is 7.36. The highest BCUT2D eigenvalue weighted by atomic mass is 19.4. The van der Waals surface area contributed by atoms with Crippen molar-refractivity contribution in [2.24, 2.45) is 0 Å². The van der Waals surface area contributed by atoms with E-state index in [1.54, 1.807) is 0 Å². The number of hydrogen-bond donors (Lipinski definition) is 0. The molecule has 22 heavy (non-hydrogen) atoms. The van der Waals surface area contributed by atoms with Gasteiger partial charge in [0.05, 0.1) is 18.8 Å². The Hall–Kier alpha value is -1.57. The molecular weight excluding hydrogens is 301 g/mol. The predicted octanol–water partition coefficient (Wildman–Crippen LogP) is 2.87. The summed E-state index contributed by atoms with van der Waals surface area (Å²) >= 11 is 0. The smallest absolute Gasteiger partial charge is 0.371 e. The largest absolute Gasteiger partial charge is 0.437 e. The van der Waals surface area contributed by atoms with E-state index < -0.39 is 28.9 Å². The number of carbonyl (C=O) groups is 1. The molecule has 1 amide bonds. The topological polar surface area (TPSA) is 55.6 Å². The minimum absolute atomic E-state index is 0.281. The van der Waals surface area contributed by atoms with Gasteiger partial charge in [0.25, 0.3) is 5.91 Å². The molecule has 1 saturated carbocycles. The zero-order valence-corrected chi connectivity index (χ0v) is 12.0. The summed E-state index contributed by atoms with van der Waals surface area (Å²) in [6.07, 6.45) is 0.912. The number of aromatic nitrogens is 1. The van der Waals surface area contributed by atoms with Crippen molar-refractivity contribution in [2.45, 2.75) is 43.9 Å². The summed E-state index contributed by atoms with van der Waals surface area (Å²) < 4.78 is 48.7. The summed E-state index contributed by atoms with van der Waals surface area (Å²) in [5, 5.41) is 2.93. The summed E-state index contributed by atoms with van der Waals surface area (Å²) in [7, 11) is 0. The summed E-state index contributed by atoms with van der Waals surface area (Å²) in [5.41, 5.74) is -2.19. The van der Waals surface area contributed by atoms with E-state index in [0.29, 0.717) is 13.2 Å². The van der Waals surface area contributed by atoms with E-state index in [1.165, 1.54) is 4.90 Å². The molecule has 1 aromatic heterocycles. The molecule has 0 N–H and O–H groups in total. The third kappa shape index (κ3) is 2.84. The van der Waals surface area contributed by atoms with E-state index in [0.717, 1.165) is 38.4 Å². The maximum atomic E-state index is 12.8. The van der Waals surface area contributed by atoms with Gasteiger partial charge in [-0.3, -0.25) is 4.79 Å².